The molecular formula is C19H18N4O4S2. The van der Waals surface area contributed by atoms with Gasteiger partial charge in [-0.3, -0.25) is 25.2 Å². The summed E-state index contributed by atoms with van der Waals surface area (Å²) in [5, 5.41) is 0.708. The van der Waals surface area contributed by atoms with E-state index in [4.69, 9.17) is 0 Å². The second-order valence-corrected chi connectivity index (χ2v) is 8.91. The summed E-state index contributed by atoms with van der Waals surface area (Å²) in [6.07, 6.45) is 1.01. The van der Waals surface area contributed by atoms with Crippen LogP contribution in [0.5, 0.6) is 0 Å². The maximum Gasteiger partial charge on any atom is 0.281 e. The van der Waals surface area contributed by atoms with Gasteiger partial charge in [0.05, 0.1) is 11.9 Å². The van der Waals surface area contributed by atoms with Crippen LogP contribution in [0, 0.1) is 6.92 Å². The van der Waals surface area contributed by atoms with Crippen molar-refractivity contribution in [1.82, 2.24) is 15.8 Å². The molecule has 2 amide bonds. The van der Waals surface area contributed by atoms with E-state index in [9.17, 15) is 18.0 Å². The van der Waals surface area contributed by atoms with Crippen molar-refractivity contribution in [2.24, 2.45) is 0 Å². The number of thiazole rings is 1. The molecule has 0 aliphatic rings. The molecule has 0 aliphatic carbocycles. The van der Waals surface area contributed by atoms with Crippen LogP contribution in [0.15, 0.2) is 54.6 Å². The number of hydrogen-bond acceptors (Lipinski definition) is 6. The molecule has 1 heterocycles. The summed E-state index contributed by atoms with van der Waals surface area (Å²) in [5.41, 5.74) is 6.58. The van der Waals surface area contributed by atoms with Crippen LogP contribution in [0.2, 0.25) is 0 Å². The van der Waals surface area contributed by atoms with Gasteiger partial charge in [-0.05, 0) is 25.1 Å². The Balaban J connectivity index is 1.67. The fraction of sp³-hybridized carbons (Fsp3) is 0.105. The molecule has 2 aromatic carbocycles. The standard InChI is InChI=1S/C19H18N4O4S2/c1-12-16(28-19(20-12)13-7-4-3-5-8-13)18(25)22-21-17(24)14-9-6-10-15(11-14)23-29(2,26)27/h3-11,23H,1-2H3,(H,21,24)(H,22,25). The number of hydrazine groups is 1. The highest BCUT2D eigenvalue weighted by Gasteiger charge is 2.17. The lowest BCUT2D eigenvalue weighted by atomic mass is 10.2. The van der Waals surface area contributed by atoms with Crippen molar-refractivity contribution in [3.8, 4) is 10.6 Å². The van der Waals surface area contributed by atoms with Gasteiger partial charge in [-0.25, -0.2) is 13.4 Å². The predicted octanol–water partition coefficient (Wildman–Crippen LogP) is 2.56. The number of nitrogens with one attached hydrogen (secondary N) is 3. The summed E-state index contributed by atoms with van der Waals surface area (Å²) < 4.78 is 24.9. The van der Waals surface area contributed by atoms with Crippen LogP contribution in [0.1, 0.15) is 25.7 Å². The minimum Gasteiger partial charge on any atom is -0.284 e. The van der Waals surface area contributed by atoms with E-state index in [1.54, 1.807) is 6.92 Å². The molecule has 10 heteroatoms. The van der Waals surface area contributed by atoms with Gasteiger partial charge in [-0.2, -0.15) is 0 Å². The Kier molecular flexibility index (Phi) is 5.95. The molecule has 0 saturated heterocycles. The minimum atomic E-state index is -3.46. The van der Waals surface area contributed by atoms with Crippen molar-refractivity contribution in [2.75, 3.05) is 11.0 Å². The van der Waals surface area contributed by atoms with E-state index >= 15 is 0 Å². The fourth-order valence-corrected chi connectivity index (χ4v) is 4.01. The Bertz CT molecular complexity index is 1160. The molecule has 3 N–H and O–H groups in total. The topological polar surface area (TPSA) is 117 Å². The molecular weight excluding hydrogens is 412 g/mol. The van der Waals surface area contributed by atoms with Crippen molar-refractivity contribution in [3.63, 3.8) is 0 Å². The Morgan fingerprint density at radius 3 is 2.34 bits per heavy atom. The van der Waals surface area contributed by atoms with E-state index in [-0.39, 0.29) is 11.3 Å². The molecule has 8 nitrogen and oxygen atoms in total. The van der Waals surface area contributed by atoms with Gasteiger partial charge in [0, 0.05) is 16.8 Å². The molecule has 29 heavy (non-hydrogen) atoms. The van der Waals surface area contributed by atoms with Crippen molar-refractivity contribution >= 4 is 38.9 Å². The number of rotatable bonds is 5. The number of benzene rings is 2. The zero-order chi connectivity index (χ0) is 21.0. The molecule has 0 saturated carbocycles. The summed E-state index contributed by atoms with van der Waals surface area (Å²) in [4.78, 5) is 29.5. The van der Waals surface area contributed by atoms with Gasteiger partial charge in [0.25, 0.3) is 11.8 Å². The lowest BCUT2D eigenvalue weighted by Crippen LogP contribution is -2.41. The largest absolute Gasteiger partial charge is 0.284 e. The summed E-state index contributed by atoms with van der Waals surface area (Å²) >= 11 is 1.23. The average molecular weight is 431 g/mol. The van der Waals surface area contributed by atoms with E-state index in [0.717, 1.165) is 11.8 Å². The van der Waals surface area contributed by atoms with Crippen LogP contribution in [-0.4, -0.2) is 31.5 Å². The number of carbonyl (C=O) groups excluding carboxylic acids is 2. The predicted molar refractivity (Wildman–Crippen MR) is 112 cm³/mol. The number of hydrogen-bond donors (Lipinski definition) is 3. The molecule has 150 valence electrons. The first-order chi connectivity index (χ1) is 13.7. The fourth-order valence-electron chi connectivity index (χ4n) is 2.49. The van der Waals surface area contributed by atoms with Gasteiger partial charge in [-0.1, -0.05) is 36.4 Å². The highest BCUT2D eigenvalue weighted by atomic mass is 32.2. The molecule has 0 spiro atoms. The van der Waals surface area contributed by atoms with Crippen LogP contribution >= 0.6 is 11.3 Å². The van der Waals surface area contributed by atoms with Gasteiger partial charge < -0.3 is 0 Å². The third-order valence-corrected chi connectivity index (χ3v) is 5.55. The van der Waals surface area contributed by atoms with E-state index in [0.29, 0.717) is 15.6 Å². The number of carbonyl (C=O) groups is 2. The lowest BCUT2D eigenvalue weighted by Gasteiger charge is -2.08. The Morgan fingerprint density at radius 2 is 1.66 bits per heavy atom. The molecule has 3 rings (SSSR count). The number of nitrogens with zero attached hydrogens (tertiary/aromatic N) is 1. The van der Waals surface area contributed by atoms with Crippen LogP contribution < -0.4 is 15.6 Å². The zero-order valence-electron chi connectivity index (χ0n) is 15.6. The summed E-state index contributed by atoms with van der Waals surface area (Å²) in [6, 6.07) is 15.4. The molecule has 0 unspecified atom stereocenters. The third kappa shape index (κ3) is 5.39. The zero-order valence-corrected chi connectivity index (χ0v) is 17.2. The van der Waals surface area contributed by atoms with Crippen molar-refractivity contribution < 1.29 is 18.0 Å². The van der Waals surface area contributed by atoms with Gasteiger partial charge >= 0.3 is 0 Å². The number of aryl methyl sites for hydroxylation is 1. The minimum absolute atomic E-state index is 0.185. The van der Waals surface area contributed by atoms with Crippen molar-refractivity contribution in [1.29, 1.82) is 0 Å². The first kappa shape index (κ1) is 20.5. The second-order valence-electron chi connectivity index (χ2n) is 6.16. The Hall–Kier alpha value is -3.24. The van der Waals surface area contributed by atoms with Crippen molar-refractivity contribution in [3.05, 3.63) is 70.7 Å². The summed E-state index contributed by atoms with van der Waals surface area (Å²) in [5.74, 6) is -1.07. The van der Waals surface area contributed by atoms with Gasteiger partial charge in [0.1, 0.15) is 9.88 Å². The molecule has 1 aromatic heterocycles. The van der Waals surface area contributed by atoms with E-state index < -0.39 is 21.8 Å². The smallest absolute Gasteiger partial charge is 0.281 e. The van der Waals surface area contributed by atoms with Crippen LogP contribution in [0.4, 0.5) is 5.69 Å². The highest BCUT2D eigenvalue weighted by molar-refractivity contribution is 7.92. The first-order valence-electron chi connectivity index (χ1n) is 8.44. The molecule has 0 bridgehead atoms. The monoisotopic (exact) mass is 430 g/mol. The highest BCUT2D eigenvalue weighted by Crippen LogP contribution is 2.27. The Labute approximate surface area is 172 Å². The molecule has 3 aromatic rings. The maximum absolute atomic E-state index is 12.5. The quantitative estimate of drug-likeness (QED) is 0.538. The summed E-state index contributed by atoms with van der Waals surface area (Å²) in [6.45, 7) is 1.72. The lowest BCUT2D eigenvalue weighted by molar-refractivity contribution is 0.0848. The van der Waals surface area contributed by atoms with Gasteiger partial charge in [0.2, 0.25) is 10.0 Å². The second kappa shape index (κ2) is 8.41. The third-order valence-electron chi connectivity index (χ3n) is 3.74. The van der Waals surface area contributed by atoms with E-state index in [1.165, 1.54) is 35.6 Å². The molecule has 0 atom stereocenters. The summed E-state index contributed by atoms with van der Waals surface area (Å²) in [7, 11) is -3.46. The molecule has 0 aliphatic heterocycles. The van der Waals surface area contributed by atoms with E-state index in [1.807, 2.05) is 30.3 Å². The average Bonchev–Trinajstić information content (AvgIpc) is 3.07. The van der Waals surface area contributed by atoms with E-state index in [2.05, 4.69) is 20.6 Å². The number of aromatic nitrogens is 1. The van der Waals surface area contributed by atoms with Crippen molar-refractivity contribution in [2.45, 2.75) is 6.92 Å². The van der Waals surface area contributed by atoms with Crippen LogP contribution in [0.3, 0.4) is 0 Å². The molecule has 0 radical (unpaired) electrons. The number of anilines is 1. The number of sulfonamides is 1. The first-order valence-corrected chi connectivity index (χ1v) is 11.1. The number of amides is 2. The molecule has 0 fully saturated rings. The van der Waals surface area contributed by atoms with Gasteiger partial charge in [0.15, 0.2) is 0 Å². The normalized spacial score (nSPS) is 11.0. The Morgan fingerprint density at radius 1 is 0.966 bits per heavy atom. The van der Waals surface area contributed by atoms with Crippen LogP contribution in [0.25, 0.3) is 10.6 Å². The maximum atomic E-state index is 12.5. The van der Waals surface area contributed by atoms with Crippen LogP contribution in [-0.2, 0) is 10.0 Å². The SMILES string of the molecule is Cc1nc(-c2ccccc2)sc1C(=O)NNC(=O)c1cccc(NS(C)(=O)=O)c1. The van der Waals surface area contributed by atoms with Gasteiger partial charge in [-0.15, -0.1) is 11.3 Å².